The molecule has 0 aliphatic heterocycles. The van der Waals surface area contributed by atoms with Gasteiger partial charge in [-0.2, -0.15) is 5.10 Å². The SMILES string of the molecule is CC1=C(c2cc(NS(C)(=O)=O)c3ncc(-c4ccc5c(cnn5C)c4)n3c2)CCCC1. The molecule has 3 heterocycles. The van der Waals surface area contributed by atoms with Crippen LogP contribution in [0, 0.1) is 0 Å². The van der Waals surface area contributed by atoms with Crippen LogP contribution in [0.5, 0.6) is 0 Å². The minimum Gasteiger partial charge on any atom is -0.297 e. The first kappa shape index (κ1) is 19.8. The largest absolute Gasteiger partial charge is 0.297 e. The van der Waals surface area contributed by atoms with Crippen LogP contribution in [-0.2, 0) is 17.1 Å². The molecule has 0 bridgehead atoms. The fraction of sp³-hybridized carbons (Fsp3) is 0.304. The molecule has 5 rings (SSSR count). The van der Waals surface area contributed by atoms with Crippen LogP contribution in [0.3, 0.4) is 0 Å². The molecule has 1 aliphatic carbocycles. The number of aryl methyl sites for hydroxylation is 1. The summed E-state index contributed by atoms with van der Waals surface area (Å²) in [6.07, 6.45) is 11.3. The van der Waals surface area contributed by atoms with E-state index < -0.39 is 10.0 Å². The molecule has 0 amide bonds. The molecule has 1 aliphatic rings. The highest BCUT2D eigenvalue weighted by molar-refractivity contribution is 7.92. The van der Waals surface area contributed by atoms with Gasteiger partial charge in [0.05, 0.1) is 35.5 Å². The Morgan fingerprint density at radius 1 is 1.06 bits per heavy atom. The van der Waals surface area contributed by atoms with Crippen LogP contribution >= 0.6 is 0 Å². The molecule has 8 heteroatoms. The Hall–Kier alpha value is -3.13. The number of nitrogens with one attached hydrogen (secondary N) is 1. The van der Waals surface area contributed by atoms with Gasteiger partial charge < -0.3 is 0 Å². The summed E-state index contributed by atoms with van der Waals surface area (Å²) >= 11 is 0. The fourth-order valence-corrected chi connectivity index (χ4v) is 5.06. The lowest BCUT2D eigenvalue weighted by atomic mass is 9.89. The van der Waals surface area contributed by atoms with Crippen molar-refractivity contribution in [1.29, 1.82) is 0 Å². The third-order valence-electron chi connectivity index (χ3n) is 6.04. The lowest BCUT2D eigenvalue weighted by Gasteiger charge is -2.19. The van der Waals surface area contributed by atoms with Gasteiger partial charge in [-0.1, -0.05) is 11.6 Å². The third-order valence-corrected chi connectivity index (χ3v) is 6.63. The van der Waals surface area contributed by atoms with Crippen LogP contribution in [0.15, 0.2) is 48.4 Å². The average molecular weight is 436 g/mol. The van der Waals surface area contributed by atoms with E-state index in [0.717, 1.165) is 47.0 Å². The topological polar surface area (TPSA) is 81.3 Å². The number of hydrogen-bond donors (Lipinski definition) is 1. The van der Waals surface area contributed by atoms with Crippen LogP contribution in [-0.4, -0.2) is 33.8 Å². The van der Waals surface area contributed by atoms with Gasteiger partial charge in [-0.05, 0) is 61.9 Å². The fourth-order valence-electron chi connectivity index (χ4n) is 4.51. The van der Waals surface area contributed by atoms with Crippen molar-refractivity contribution in [1.82, 2.24) is 19.2 Å². The van der Waals surface area contributed by atoms with Gasteiger partial charge >= 0.3 is 0 Å². The predicted molar refractivity (Wildman–Crippen MR) is 124 cm³/mol. The summed E-state index contributed by atoms with van der Waals surface area (Å²) < 4.78 is 30.6. The molecule has 0 saturated carbocycles. The number of allylic oxidation sites excluding steroid dienone is 2. The van der Waals surface area contributed by atoms with Gasteiger partial charge in [0, 0.05) is 24.2 Å². The molecule has 4 aromatic rings. The number of fused-ring (bicyclic) bond motifs is 2. The summed E-state index contributed by atoms with van der Waals surface area (Å²) in [7, 11) is -1.52. The minimum absolute atomic E-state index is 0.500. The summed E-state index contributed by atoms with van der Waals surface area (Å²) in [6, 6.07) is 8.11. The van der Waals surface area contributed by atoms with Crippen LogP contribution < -0.4 is 4.72 Å². The lowest BCUT2D eigenvalue weighted by molar-refractivity contribution is 0.607. The highest BCUT2D eigenvalue weighted by atomic mass is 32.2. The second-order valence-corrected chi connectivity index (χ2v) is 10.1. The van der Waals surface area contributed by atoms with Gasteiger partial charge in [0.1, 0.15) is 0 Å². The highest BCUT2D eigenvalue weighted by Gasteiger charge is 2.18. The molecular formula is C23H25N5O2S. The summed E-state index contributed by atoms with van der Waals surface area (Å²) in [4.78, 5) is 4.57. The zero-order chi connectivity index (χ0) is 21.8. The van der Waals surface area contributed by atoms with E-state index in [2.05, 4.69) is 40.1 Å². The zero-order valence-corrected chi connectivity index (χ0v) is 18.7. The quantitative estimate of drug-likeness (QED) is 0.508. The Labute approximate surface area is 181 Å². The van der Waals surface area contributed by atoms with E-state index in [4.69, 9.17) is 0 Å². The van der Waals surface area contributed by atoms with E-state index in [1.165, 1.54) is 23.8 Å². The van der Waals surface area contributed by atoms with Gasteiger partial charge in [-0.25, -0.2) is 13.4 Å². The third kappa shape index (κ3) is 3.61. The van der Waals surface area contributed by atoms with Crippen molar-refractivity contribution in [2.24, 2.45) is 7.05 Å². The number of imidazole rings is 1. The lowest BCUT2D eigenvalue weighted by Crippen LogP contribution is -2.11. The Kier molecular flexibility index (Phi) is 4.62. The standard InChI is InChI=1S/C23H25N5O2S/c1-15-6-4-5-7-19(15)18-11-20(26-31(3,29)30)23-24-13-22(28(23)14-18)16-8-9-21-17(10-16)12-25-27(21)2/h8-14,26H,4-7H2,1-3H3. The molecule has 7 nitrogen and oxygen atoms in total. The number of hydrogen-bond acceptors (Lipinski definition) is 4. The minimum atomic E-state index is -3.44. The van der Waals surface area contributed by atoms with Crippen LogP contribution in [0.2, 0.25) is 0 Å². The molecule has 0 saturated heterocycles. The van der Waals surface area contributed by atoms with Crippen molar-refractivity contribution in [2.75, 3.05) is 11.0 Å². The first-order valence-corrected chi connectivity index (χ1v) is 12.3. The van der Waals surface area contributed by atoms with Gasteiger partial charge in [0.25, 0.3) is 0 Å². The summed E-state index contributed by atoms with van der Waals surface area (Å²) in [6.45, 7) is 2.17. The number of sulfonamides is 1. The first-order chi connectivity index (χ1) is 14.8. The van der Waals surface area contributed by atoms with E-state index in [0.29, 0.717) is 11.3 Å². The summed E-state index contributed by atoms with van der Waals surface area (Å²) in [5, 5.41) is 5.38. The van der Waals surface area contributed by atoms with E-state index in [-0.39, 0.29) is 0 Å². The van der Waals surface area contributed by atoms with Crippen LogP contribution in [0.1, 0.15) is 38.2 Å². The Balaban J connectivity index is 1.74. The molecule has 0 fully saturated rings. The monoisotopic (exact) mass is 435 g/mol. The molecule has 31 heavy (non-hydrogen) atoms. The molecular weight excluding hydrogens is 410 g/mol. The Bertz CT molecular complexity index is 1460. The number of benzene rings is 1. The van der Waals surface area contributed by atoms with Crippen LogP contribution in [0.4, 0.5) is 5.69 Å². The second-order valence-electron chi connectivity index (χ2n) is 8.36. The molecule has 0 unspecified atom stereocenters. The summed E-state index contributed by atoms with van der Waals surface area (Å²) in [5.74, 6) is 0. The maximum atomic E-state index is 12.1. The number of pyridine rings is 1. The summed E-state index contributed by atoms with van der Waals surface area (Å²) in [5.41, 5.74) is 7.77. The number of nitrogens with zero attached hydrogens (tertiary/aromatic N) is 4. The van der Waals surface area contributed by atoms with Gasteiger partial charge in [0.2, 0.25) is 10.0 Å². The van der Waals surface area contributed by atoms with E-state index in [9.17, 15) is 8.42 Å². The average Bonchev–Trinajstić information content (AvgIpc) is 3.31. The van der Waals surface area contributed by atoms with Crippen molar-refractivity contribution >= 4 is 37.8 Å². The van der Waals surface area contributed by atoms with Crippen molar-refractivity contribution < 1.29 is 8.42 Å². The van der Waals surface area contributed by atoms with Crippen molar-refractivity contribution in [3.63, 3.8) is 0 Å². The van der Waals surface area contributed by atoms with Crippen molar-refractivity contribution in [3.8, 4) is 11.3 Å². The van der Waals surface area contributed by atoms with Gasteiger partial charge in [-0.3, -0.25) is 13.8 Å². The molecule has 1 aromatic carbocycles. The molecule has 1 N–H and O–H groups in total. The molecule has 0 atom stereocenters. The molecule has 0 spiro atoms. The first-order valence-electron chi connectivity index (χ1n) is 10.4. The zero-order valence-electron chi connectivity index (χ0n) is 17.9. The Morgan fingerprint density at radius 2 is 1.87 bits per heavy atom. The van der Waals surface area contributed by atoms with E-state index in [1.807, 2.05) is 34.5 Å². The van der Waals surface area contributed by atoms with E-state index in [1.54, 1.807) is 6.20 Å². The normalized spacial score (nSPS) is 15.2. The second kappa shape index (κ2) is 7.23. The number of aromatic nitrogens is 4. The Morgan fingerprint density at radius 3 is 2.65 bits per heavy atom. The molecule has 3 aromatic heterocycles. The smallest absolute Gasteiger partial charge is 0.229 e. The maximum Gasteiger partial charge on any atom is 0.229 e. The number of rotatable bonds is 4. The van der Waals surface area contributed by atoms with Gasteiger partial charge in [-0.15, -0.1) is 0 Å². The maximum absolute atomic E-state index is 12.1. The van der Waals surface area contributed by atoms with Crippen molar-refractivity contribution in [3.05, 3.63) is 54.0 Å². The molecule has 160 valence electrons. The predicted octanol–water partition coefficient (Wildman–Crippen LogP) is 4.61. The highest BCUT2D eigenvalue weighted by Crippen LogP contribution is 2.35. The number of anilines is 1. The van der Waals surface area contributed by atoms with Crippen LogP contribution in [0.25, 0.3) is 33.4 Å². The molecule has 0 radical (unpaired) electrons. The van der Waals surface area contributed by atoms with Crippen molar-refractivity contribution in [2.45, 2.75) is 32.6 Å². The van der Waals surface area contributed by atoms with E-state index >= 15 is 0 Å². The van der Waals surface area contributed by atoms with Gasteiger partial charge in [0.15, 0.2) is 5.65 Å².